The van der Waals surface area contributed by atoms with E-state index in [0.717, 1.165) is 29.7 Å². The second-order valence-electron chi connectivity index (χ2n) is 7.29. The van der Waals surface area contributed by atoms with E-state index >= 15 is 0 Å². The van der Waals surface area contributed by atoms with Gasteiger partial charge in [0.25, 0.3) is 5.91 Å². The highest BCUT2D eigenvalue weighted by Crippen LogP contribution is 2.31. The van der Waals surface area contributed by atoms with E-state index in [0.29, 0.717) is 31.1 Å². The quantitative estimate of drug-likeness (QED) is 0.785. The van der Waals surface area contributed by atoms with Crippen LogP contribution in [0.1, 0.15) is 41.7 Å². The number of rotatable bonds is 5. The number of benzene rings is 1. The fourth-order valence-corrected chi connectivity index (χ4v) is 4.04. The summed E-state index contributed by atoms with van der Waals surface area (Å²) in [4.78, 5) is 28.8. The third-order valence-electron chi connectivity index (χ3n) is 5.03. The topological polar surface area (TPSA) is 53.0 Å². The molecule has 0 bridgehead atoms. The van der Waals surface area contributed by atoms with Crippen molar-refractivity contribution in [2.45, 2.75) is 52.1 Å². The Balaban J connectivity index is 1.62. The third kappa shape index (κ3) is 3.81. The standard InChI is InChI=1S/C21H23N3O2S/c1-14-5-6-15(2)19(12-14)24-20(25)10-9-18(22-24)21(26)23(16-7-8-16)13-17-4-3-11-27-17/h3-6,11-12,16H,7-10,13H2,1-2H3. The maximum Gasteiger partial charge on any atom is 0.270 e. The number of hydrogen-bond acceptors (Lipinski definition) is 4. The maximum absolute atomic E-state index is 13.2. The number of aryl methyl sites for hydroxylation is 2. The molecule has 0 unspecified atom stereocenters. The molecule has 1 fully saturated rings. The molecule has 0 saturated heterocycles. The van der Waals surface area contributed by atoms with Gasteiger partial charge in [-0.05, 0) is 55.3 Å². The lowest BCUT2D eigenvalue weighted by Crippen LogP contribution is -2.42. The van der Waals surface area contributed by atoms with E-state index in [1.165, 1.54) is 9.89 Å². The first-order chi connectivity index (χ1) is 13.0. The van der Waals surface area contributed by atoms with E-state index in [2.05, 4.69) is 11.2 Å². The highest BCUT2D eigenvalue weighted by atomic mass is 32.1. The van der Waals surface area contributed by atoms with Gasteiger partial charge in [0.2, 0.25) is 5.91 Å². The summed E-state index contributed by atoms with van der Waals surface area (Å²) in [6, 6.07) is 10.3. The molecule has 0 N–H and O–H groups in total. The number of amides is 2. The monoisotopic (exact) mass is 381 g/mol. The fourth-order valence-electron chi connectivity index (χ4n) is 3.33. The average Bonchev–Trinajstić information content (AvgIpc) is 3.37. The van der Waals surface area contributed by atoms with Gasteiger partial charge < -0.3 is 4.90 Å². The summed E-state index contributed by atoms with van der Waals surface area (Å²) < 4.78 is 0. The molecular weight excluding hydrogens is 358 g/mol. The minimum atomic E-state index is -0.0588. The summed E-state index contributed by atoms with van der Waals surface area (Å²) in [6.45, 7) is 4.57. The SMILES string of the molecule is Cc1ccc(C)c(N2N=C(C(=O)N(Cc3cccs3)C3CC3)CCC2=O)c1. The van der Waals surface area contributed by atoms with Crippen LogP contribution >= 0.6 is 11.3 Å². The van der Waals surface area contributed by atoms with Gasteiger partial charge in [0.15, 0.2) is 0 Å². The molecule has 0 radical (unpaired) electrons. The van der Waals surface area contributed by atoms with E-state index in [-0.39, 0.29) is 11.8 Å². The van der Waals surface area contributed by atoms with Gasteiger partial charge in [-0.2, -0.15) is 5.10 Å². The predicted molar refractivity (Wildman–Crippen MR) is 108 cm³/mol. The molecule has 1 aliphatic heterocycles. The smallest absolute Gasteiger partial charge is 0.270 e. The van der Waals surface area contributed by atoms with Crippen LogP contribution in [-0.4, -0.2) is 28.5 Å². The van der Waals surface area contributed by atoms with Crippen molar-refractivity contribution in [3.8, 4) is 0 Å². The van der Waals surface area contributed by atoms with Crippen molar-refractivity contribution in [2.24, 2.45) is 5.10 Å². The lowest BCUT2D eigenvalue weighted by Gasteiger charge is -2.28. The molecule has 0 spiro atoms. The molecule has 5 nitrogen and oxygen atoms in total. The second-order valence-corrected chi connectivity index (χ2v) is 8.32. The van der Waals surface area contributed by atoms with Gasteiger partial charge in [0.1, 0.15) is 5.71 Å². The van der Waals surface area contributed by atoms with Crippen LogP contribution in [0.4, 0.5) is 5.69 Å². The normalized spacial score (nSPS) is 17.0. The van der Waals surface area contributed by atoms with Gasteiger partial charge in [-0.3, -0.25) is 9.59 Å². The average molecular weight is 382 g/mol. The maximum atomic E-state index is 13.2. The lowest BCUT2D eigenvalue weighted by atomic mass is 10.1. The van der Waals surface area contributed by atoms with Crippen molar-refractivity contribution in [1.82, 2.24) is 4.90 Å². The van der Waals surface area contributed by atoms with Crippen LogP contribution in [0, 0.1) is 13.8 Å². The lowest BCUT2D eigenvalue weighted by molar-refractivity contribution is -0.125. The van der Waals surface area contributed by atoms with Gasteiger partial charge in [-0.15, -0.1) is 11.3 Å². The van der Waals surface area contributed by atoms with E-state index in [1.807, 2.05) is 48.4 Å². The molecule has 1 saturated carbocycles. The van der Waals surface area contributed by atoms with Crippen LogP contribution in [0.5, 0.6) is 0 Å². The minimum absolute atomic E-state index is 0.0336. The summed E-state index contributed by atoms with van der Waals surface area (Å²) >= 11 is 1.66. The summed E-state index contributed by atoms with van der Waals surface area (Å²) in [7, 11) is 0. The molecule has 2 aromatic rings. The molecule has 2 heterocycles. The summed E-state index contributed by atoms with van der Waals surface area (Å²) in [6.07, 6.45) is 2.82. The number of hydrazone groups is 1. The van der Waals surface area contributed by atoms with Crippen molar-refractivity contribution in [2.75, 3.05) is 5.01 Å². The summed E-state index contributed by atoms with van der Waals surface area (Å²) in [5.74, 6) is -0.0924. The Bertz CT molecular complexity index is 900. The Morgan fingerprint density at radius 3 is 2.78 bits per heavy atom. The van der Waals surface area contributed by atoms with Gasteiger partial charge in [0.05, 0.1) is 12.2 Å². The zero-order valence-corrected chi connectivity index (χ0v) is 16.5. The van der Waals surface area contributed by atoms with E-state index < -0.39 is 0 Å². The van der Waals surface area contributed by atoms with Crippen molar-refractivity contribution in [3.05, 3.63) is 51.7 Å². The Labute approximate surface area is 163 Å². The van der Waals surface area contributed by atoms with Gasteiger partial charge in [0, 0.05) is 23.8 Å². The van der Waals surface area contributed by atoms with Crippen LogP contribution in [0.2, 0.25) is 0 Å². The van der Waals surface area contributed by atoms with Gasteiger partial charge in [-0.1, -0.05) is 18.2 Å². The van der Waals surface area contributed by atoms with Crippen molar-refractivity contribution < 1.29 is 9.59 Å². The Morgan fingerprint density at radius 2 is 2.07 bits per heavy atom. The first kappa shape index (κ1) is 17.9. The van der Waals surface area contributed by atoms with E-state index in [9.17, 15) is 9.59 Å². The zero-order chi connectivity index (χ0) is 19.0. The van der Waals surface area contributed by atoms with Crippen molar-refractivity contribution in [3.63, 3.8) is 0 Å². The van der Waals surface area contributed by atoms with Crippen LogP contribution in [0.15, 0.2) is 40.8 Å². The highest BCUT2D eigenvalue weighted by molar-refractivity contribution is 7.09. The molecule has 1 aliphatic carbocycles. The molecule has 0 atom stereocenters. The van der Waals surface area contributed by atoms with Crippen LogP contribution in [0.3, 0.4) is 0 Å². The zero-order valence-electron chi connectivity index (χ0n) is 15.6. The Hall–Kier alpha value is -2.47. The third-order valence-corrected chi connectivity index (χ3v) is 5.89. The van der Waals surface area contributed by atoms with Gasteiger partial charge in [-0.25, -0.2) is 5.01 Å². The first-order valence-corrected chi connectivity index (χ1v) is 10.2. The summed E-state index contributed by atoms with van der Waals surface area (Å²) in [5, 5.41) is 7.97. The summed E-state index contributed by atoms with van der Waals surface area (Å²) in [5.41, 5.74) is 3.29. The van der Waals surface area contributed by atoms with Crippen molar-refractivity contribution >= 4 is 34.6 Å². The van der Waals surface area contributed by atoms with Crippen LogP contribution in [0.25, 0.3) is 0 Å². The Kier molecular flexibility index (Phi) is 4.83. The highest BCUT2D eigenvalue weighted by Gasteiger charge is 2.36. The Morgan fingerprint density at radius 1 is 1.26 bits per heavy atom. The molecule has 6 heteroatoms. The molecule has 140 valence electrons. The number of hydrogen-bond donors (Lipinski definition) is 0. The minimum Gasteiger partial charge on any atom is -0.329 e. The molecule has 1 aromatic heterocycles. The first-order valence-electron chi connectivity index (χ1n) is 9.34. The van der Waals surface area contributed by atoms with Gasteiger partial charge >= 0.3 is 0 Å². The van der Waals surface area contributed by atoms with Crippen LogP contribution in [-0.2, 0) is 16.1 Å². The molecule has 27 heavy (non-hydrogen) atoms. The number of anilines is 1. The largest absolute Gasteiger partial charge is 0.329 e. The molecule has 4 rings (SSSR count). The second kappa shape index (κ2) is 7.27. The number of carbonyl (C=O) groups is 2. The molecular formula is C21H23N3O2S. The predicted octanol–water partition coefficient (Wildman–Crippen LogP) is 4.04. The number of thiophene rings is 1. The fraction of sp³-hybridized carbons (Fsp3) is 0.381. The number of carbonyl (C=O) groups excluding carboxylic acids is 2. The number of nitrogens with zero attached hydrogens (tertiary/aromatic N) is 3. The van der Waals surface area contributed by atoms with Crippen molar-refractivity contribution in [1.29, 1.82) is 0 Å². The van der Waals surface area contributed by atoms with E-state index in [1.54, 1.807) is 11.3 Å². The molecule has 2 amide bonds. The molecule has 1 aromatic carbocycles. The van der Waals surface area contributed by atoms with E-state index in [4.69, 9.17) is 0 Å². The molecule has 2 aliphatic rings. The van der Waals surface area contributed by atoms with Crippen LogP contribution < -0.4 is 5.01 Å².